The van der Waals surface area contributed by atoms with Gasteiger partial charge in [-0.2, -0.15) is 0 Å². The van der Waals surface area contributed by atoms with Gasteiger partial charge in [0, 0.05) is 7.05 Å². The van der Waals surface area contributed by atoms with Crippen molar-refractivity contribution >= 4 is 5.91 Å². The van der Waals surface area contributed by atoms with Crippen molar-refractivity contribution in [2.24, 2.45) is 0 Å². The Morgan fingerprint density at radius 3 is 2.50 bits per heavy atom. The van der Waals surface area contributed by atoms with Gasteiger partial charge in [-0.15, -0.1) is 0 Å². The van der Waals surface area contributed by atoms with Gasteiger partial charge in [0.25, 0.3) is 0 Å². The van der Waals surface area contributed by atoms with Gasteiger partial charge >= 0.3 is 0 Å². The zero-order chi connectivity index (χ0) is 11.5. The maximum Gasteiger partial charge on any atom is 0.237 e. The van der Waals surface area contributed by atoms with E-state index in [0.717, 1.165) is 12.8 Å². The molecule has 1 fully saturated rings. The molecule has 1 atom stereocenters. The smallest absolute Gasteiger partial charge is 0.237 e. The molecule has 2 rings (SSSR count). The molecule has 3 nitrogen and oxygen atoms in total. The number of benzene rings is 1. The largest absolute Gasteiger partial charge is 0.329 e. The van der Waals surface area contributed by atoms with Crippen LogP contribution in [0.2, 0.25) is 0 Å². The van der Waals surface area contributed by atoms with Crippen LogP contribution in [0.4, 0.5) is 0 Å². The lowest BCUT2D eigenvalue weighted by Crippen LogP contribution is -2.35. The Hall–Kier alpha value is -1.35. The van der Waals surface area contributed by atoms with Gasteiger partial charge < -0.3 is 4.90 Å². The zero-order valence-corrected chi connectivity index (χ0v) is 9.89. The van der Waals surface area contributed by atoms with Gasteiger partial charge in [0.15, 0.2) is 0 Å². The van der Waals surface area contributed by atoms with Crippen LogP contribution >= 0.6 is 0 Å². The summed E-state index contributed by atoms with van der Waals surface area (Å²) in [7, 11) is 3.90. The molecule has 1 saturated heterocycles. The SMILES string of the molecule is CN1CC(=O)N(C)C1CCc1ccccc1. The van der Waals surface area contributed by atoms with E-state index >= 15 is 0 Å². The van der Waals surface area contributed by atoms with Crippen LogP contribution in [-0.2, 0) is 11.2 Å². The van der Waals surface area contributed by atoms with Crippen LogP contribution < -0.4 is 0 Å². The van der Waals surface area contributed by atoms with E-state index in [4.69, 9.17) is 0 Å². The molecule has 3 heteroatoms. The average molecular weight is 218 g/mol. The van der Waals surface area contributed by atoms with E-state index in [-0.39, 0.29) is 12.1 Å². The van der Waals surface area contributed by atoms with Gasteiger partial charge in [-0.25, -0.2) is 0 Å². The summed E-state index contributed by atoms with van der Waals surface area (Å²) >= 11 is 0. The van der Waals surface area contributed by atoms with Crippen molar-refractivity contribution in [2.75, 3.05) is 20.6 Å². The van der Waals surface area contributed by atoms with Crippen molar-refractivity contribution < 1.29 is 4.79 Å². The fourth-order valence-electron chi connectivity index (χ4n) is 2.25. The van der Waals surface area contributed by atoms with Crippen molar-refractivity contribution in [1.82, 2.24) is 9.80 Å². The second kappa shape index (κ2) is 4.66. The summed E-state index contributed by atoms with van der Waals surface area (Å²) in [6.07, 6.45) is 2.28. The van der Waals surface area contributed by atoms with Gasteiger partial charge in [-0.05, 0) is 25.5 Å². The lowest BCUT2D eigenvalue weighted by molar-refractivity contribution is -0.126. The molecule has 86 valence electrons. The first-order valence-corrected chi connectivity index (χ1v) is 5.68. The highest BCUT2D eigenvalue weighted by atomic mass is 16.2. The topological polar surface area (TPSA) is 23.6 Å². The van der Waals surface area contributed by atoms with Crippen LogP contribution in [0.5, 0.6) is 0 Å². The second-order valence-corrected chi connectivity index (χ2v) is 4.42. The normalized spacial score (nSPS) is 21.8. The predicted molar refractivity (Wildman–Crippen MR) is 64.0 cm³/mol. The van der Waals surface area contributed by atoms with E-state index in [9.17, 15) is 4.79 Å². The molecule has 0 N–H and O–H groups in total. The Bertz CT molecular complexity index is 363. The summed E-state index contributed by atoms with van der Waals surface area (Å²) in [5.74, 6) is 0.223. The molecule has 1 aliphatic heterocycles. The lowest BCUT2D eigenvalue weighted by Gasteiger charge is -2.24. The highest BCUT2D eigenvalue weighted by Crippen LogP contribution is 2.17. The molecule has 0 aromatic heterocycles. The molecule has 1 aromatic rings. The number of amides is 1. The first kappa shape index (κ1) is 11.1. The molecular weight excluding hydrogens is 200 g/mol. The van der Waals surface area contributed by atoms with E-state index in [0.29, 0.717) is 6.54 Å². The number of carbonyl (C=O) groups excluding carboxylic acids is 1. The van der Waals surface area contributed by atoms with Crippen LogP contribution in [0.25, 0.3) is 0 Å². The van der Waals surface area contributed by atoms with Crippen LogP contribution in [0.15, 0.2) is 30.3 Å². The summed E-state index contributed by atoms with van der Waals surface area (Å²) in [6, 6.07) is 10.4. The number of nitrogens with zero attached hydrogens (tertiary/aromatic N) is 2. The summed E-state index contributed by atoms with van der Waals surface area (Å²) < 4.78 is 0. The lowest BCUT2D eigenvalue weighted by atomic mass is 10.1. The molecule has 0 bridgehead atoms. The molecule has 1 aliphatic rings. The van der Waals surface area contributed by atoms with E-state index in [1.54, 1.807) is 0 Å². The molecule has 1 amide bonds. The van der Waals surface area contributed by atoms with Crippen molar-refractivity contribution in [3.8, 4) is 0 Å². The number of hydrogen-bond acceptors (Lipinski definition) is 2. The van der Waals surface area contributed by atoms with Gasteiger partial charge in [-0.3, -0.25) is 9.69 Å². The van der Waals surface area contributed by atoms with Gasteiger partial charge in [0.1, 0.15) is 0 Å². The van der Waals surface area contributed by atoms with Crippen molar-refractivity contribution in [2.45, 2.75) is 19.0 Å². The minimum absolute atomic E-state index is 0.223. The monoisotopic (exact) mass is 218 g/mol. The average Bonchev–Trinajstić information content (AvgIpc) is 2.53. The Balaban J connectivity index is 1.93. The fraction of sp³-hybridized carbons (Fsp3) is 0.462. The minimum atomic E-state index is 0.223. The number of hydrogen-bond donors (Lipinski definition) is 0. The van der Waals surface area contributed by atoms with Crippen molar-refractivity contribution in [1.29, 1.82) is 0 Å². The van der Waals surface area contributed by atoms with Gasteiger partial charge in [0.2, 0.25) is 5.91 Å². The molecular formula is C13H18N2O. The summed E-state index contributed by atoms with van der Waals surface area (Å²) in [5.41, 5.74) is 1.34. The van der Waals surface area contributed by atoms with Crippen LogP contribution in [0.3, 0.4) is 0 Å². The zero-order valence-electron chi connectivity index (χ0n) is 9.89. The molecule has 0 spiro atoms. The van der Waals surface area contributed by atoms with Crippen molar-refractivity contribution in [3.63, 3.8) is 0 Å². The molecule has 16 heavy (non-hydrogen) atoms. The first-order valence-electron chi connectivity index (χ1n) is 5.68. The quantitative estimate of drug-likeness (QED) is 0.764. The molecule has 1 heterocycles. The van der Waals surface area contributed by atoms with Gasteiger partial charge in [-0.1, -0.05) is 30.3 Å². The Morgan fingerprint density at radius 1 is 1.25 bits per heavy atom. The molecule has 0 aliphatic carbocycles. The summed E-state index contributed by atoms with van der Waals surface area (Å²) in [5, 5.41) is 0. The summed E-state index contributed by atoms with van der Waals surface area (Å²) in [6.45, 7) is 0.552. The third-order valence-electron chi connectivity index (χ3n) is 3.27. The molecule has 0 saturated carbocycles. The molecule has 1 unspecified atom stereocenters. The highest BCUT2D eigenvalue weighted by Gasteiger charge is 2.31. The third-order valence-corrected chi connectivity index (χ3v) is 3.27. The number of rotatable bonds is 3. The van der Waals surface area contributed by atoms with E-state index in [2.05, 4.69) is 29.2 Å². The van der Waals surface area contributed by atoms with E-state index in [1.807, 2.05) is 25.1 Å². The third kappa shape index (κ3) is 2.25. The van der Waals surface area contributed by atoms with Crippen LogP contribution in [-0.4, -0.2) is 42.5 Å². The maximum atomic E-state index is 11.5. The minimum Gasteiger partial charge on any atom is -0.329 e. The number of likely N-dealkylation sites (N-methyl/N-ethyl adjacent to an activating group) is 2. The first-order chi connectivity index (χ1) is 7.68. The number of aryl methyl sites for hydroxylation is 1. The van der Waals surface area contributed by atoms with Gasteiger partial charge in [0.05, 0.1) is 12.7 Å². The second-order valence-electron chi connectivity index (χ2n) is 4.42. The van der Waals surface area contributed by atoms with E-state index < -0.39 is 0 Å². The molecule has 0 radical (unpaired) electrons. The standard InChI is InChI=1S/C13H18N2O/c1-14-10-13(16)15(2)12(14)9-8-11-6-4-3-5-7-11/h3-7,12H,8-10H2,1-2H3. The van der Waals surface area contributed by atoms with E-state index in [1.165, 1.54) is 5.56 Å². The Morgan fingerprint density at radius 2 is 1.94 bits per heavy atom. The number of carbonyl (C=O) groups is 1. The van der Waals surface area contributed by atoms with Crippen LogP contribution in [0.1, 0.15) is 12.0 Å². The Labute approximate surface area is 96.7 Å². The van der Waals surface area contributed by atoms with Crippen LogP contribution in [0, 0.1) is 0 Å². The molecule has 1 aromatic carbocycles. The van der Waals surface area contributed by atoms with Crippen molar-refractivity contribution in [3.05, 3.63) is 35.9 Å². The maximum absolute atomic E-state index is 11.5. The summed E-state index contributed by atoms with van der Waals surface area (Å²) in [4.78, 5) is 15.5. The highest BCUT2D eigenvalue weighted by molar-refractivity contribution is 5.80. The predicted octanol–water partition coefficient (Wildman–Crippen LogP) is 1.35. The fourth-order valence-corrected chi connectivity index (χ4v) is 2.25. The Kier molecular flexibility index (Phi) is 3.25.